The molecule has 0 unspecified atom stereocenters. The number of aryl methyl sites for hydroxylation is 1. The van der Waals surface area contributed by atoms with E-state index in [0.717, 1.165) is 23.0 Å². The normalized spacial score (nSPS) is 10.8. The van der Waals surface area contributed by atoms with E-state index in [-0.39, 0.29) is 5.91 Å². The molecule has 1 amide bonds. The van der Waals surface area contributed by atoms with E-state index in [1.807, 2.05) is 48.3 Å². The van der Waals surface area contributed by atoms with E-state index in [4.69, 9.17) is 0 Å². The summed E-state index contributed by atoms with van der Waals surface area (Å²) >= 11 is 0. The number of nitrogens with one attached hydrogen (secondary N) is 2. The summed E-state index contributed by atoms with van der Waals surface area (Å²) in [5, 5.41) is 8.01. The highest BCUT2D eigenvalue weighted by molar-refractivity contribution is 6.06. The number of carbonyl (C=O) groups is 1. The molecule has 2 heterocycles. The van der Waals surface area contributed by atoms with Crippen LogP contribution in [-0.4, -0.2) is 27.2 Å². The molecule has 0 saturated carbocycles. The standard InChI is InChI=1S/C15H16N4O/c1-19-11(6-10-18-19)5-8-17-15(20)13-3-2-4-14-12(13)7-9-16-14/h2-4,6-7,9-10,16H,5,8H2,1H3,(H,17,20). The molecule has 2 aromatic heterocycles. The van der Waals surface area contributed by atoms with Gasteiger partial charge in [-0.3, -0.25) is 9.48 Å². The van der Waals surface area contributed by atoms with Gasteiger partial charge in [0.05, 0.1) is 0 Å². The van der Waals surface area contributed by atoms with Crippen molar-refractivity contribution in [2.24, 2.45) is 7.05 Å². The zero-order chi connectivity index (χ0) is 13.9. The van der Waals surface area contributed by atoms with Crippen molar-refractivity contribution in [1.82, 2.24) is 20.1 Å². The molecule has 20 heavy (non-hydrogen) atoms. The lowest BCUT2D eigenvalue weighted by atomic mass is 10.1. The van der Waals surface area contributed by atoms with Crippen LogP contribution in [0.2, 0.25) is 0 Å². The topological polar surface area (TPSA) is 62.7 Å². The van der Waals surface area contributed by atoms with E-state index in [1.165, 1.54) is 0 Å². The molecule has 2 N–H and O–H groups in total. The van der Waals surface area contributed by atoms with Gasteiger partial charge in [-0.05, 0) is 24.3 Å². The number of hydrogen-bond acceptors (Lipinski definition) is 2. The summed E-state index contributed by atoms with van der Waals surface area (Å²) < 4.78 is 1.82. The van der Waals surface area contributed by atoms with Crippen LogP contribution in [-0.2, 0) is 13.5 Å². The first-order valence-electron chi connectivity index (χ1n) is 6.57. The lowest BCUT2D eigenvalue weighted by molar-refractivity contribution is 0.0955. The third kappa shape index (κ3) is 2.30. The predicted octanol–water partition coefficient (Wildman–Crippen LogP) is 1.87. The highest BCUT2D eigenvalue weighted by Crippen LogP contribution is 2.17. The van der Waals surface area contributed by atoms with Gasteiger partial charge < -0.3 is 10.3 Å². The molecule has 3 aromatic rings. The predicted molar refractivity (Wildman–Crippen MR) is 77.5 cm³/mol. The summed E-state index contributed by atoms with van der Waals surface area (Å²) in [4.78, 5) is 15.3. The van der Waals surface area contributed by atoms with E-state index in [9.17, 15) is 4.79 Å². The van der Waals surface area contributed by atoms with Gasteiger partial charge in [0.1, 0.15) is 0 Å². The number of H-pyrrole nitrogens is 1. The van der Waals surface area contributed by atoms with Crippen LogP contribution in [0.25, 0.3) is 10.9 Å². The molecular formula is C15H16N4O. The number of aromatic amines is 1. The largest absolute Gasteiger partial charge is 0.361 e. The maximum Gasteiger partial charge on any atom is 0.251 e. The first-order chi connectivity index (χ1) is 9.75. The molecular weight excluding hydrogens is 252 g/mol. The summed E-state index contributed by atoms with van der Waals surface area (Å²) in [6.45, 7) is 0.596. The van der Waals surface area contributed by atoms with Crippen LogP contribution in [0.1, 0.15) is 16.1 Å². The molecule has 5 heteroatoms. The Morgan fingerprint density at radius 2 is 2.25 bits per heavy atom. The Hall–Kier alpha value is -2.56. The van der Waals surface area contributed by atoms with Gasteiger partial charge in [-0.2, -0.15) is 5.10 Å². The van der Waals surface area contributed by atoms with E-state index in [0.29, 0.717) is 12.1 Å². The minimum Gasteiger partial charge on any atom is -0.361 e. The Kier molecular flexibility index (Phi) is 3.25. The lowest BCUT2D eigenvalue weighted by Crippen LogP contribution is -2.26. The van der Waals surface area contributed by atoms with Crippen molar-refractivity contribution in [3.63, 3.8) is 0 Å². The van der Waals surface area contributed by atoms with Crippen molar-refractivity contribution in [3.8, 4) is 0 Å². The van der Waals surface area contributed by atoms with E-state index < -0.39 is 0 Å². The highest BCUT2D eigenvalue weighted by Gasteiger charge is 2.10. The molecule has 0 bridgehead atoms. The van der Waals surface area contributed by atoms with Gasteiger partial charge in [0.25, 0.3) is 5.91 Å². The average molecular weight is 268 g/mol. The number of benzene rings is 1. The first-order valence-corrected chi connectivity index (χ1v) is 6.57. The maximum absolute atomic E-state index is 12.2. The van der Waals surface area contributed by atoms with Gasteiger partial charge in [0.2, 0.25) is 0 Å². The summed E-state index contributed by atoms with van der Waals surface area (Å²) in [5.74, 6) is -0.0441. The number of fused-ring (bicyclic) bond motifs is 1. The van der Waals surface area contributed by atoms with Gasteiger partial charge in [-0.1, -0.05) is 6.07 Å². The fourth-order valence-electron chi connectivity index (χ4n) is 2.33. The minimum atomic E-state index is -0.0441. The van der Waals surface area contributed by atoms with Crippen LogP contribution in [0.5, 0.6) is 0 Å². The highest BCUT2D eigenvalue weighted by atomic mass is 16.1. The van der Waals surface area contributed by atoms with Crippen molar-refractivity contribution in [1.29, 1.82) is 0 Å². The van der Waals surface area contributed by atoms with E-state index in [1.54, 1.807) is 6.20 Å². The van der Waals surface area contributed by atoms with Crippen LogP contribution < -0.4 is 5.32 Å². The van der Waals surface area contributed by atoms with Gasteiger partial charge in [0.15, 0.2) is 0 Å². The molecule has 0 aliphatic heterocycles. The molecule has 0 radical (unpaired) electrons. The van der Waals surface area contributed by atoms with E-state index in [2.05, 4.69) is 15.4 Å². The van der Waals surface area contributed by atoms with Crippen molar-refractivity contribution >= 4 is 16.8 Å². The summed E-state index contributed by atoms with van der Waals surface area (Å²) in [6, 6.07) is 9.57. The quantitative estimate of drug-likeness (QED) is 0.759. The second kappa shape index (κ2) is 5.21. The van der Waals surface area contributed by atoms with Crippen molar-refractivity contribution in [2.75, 3.05) is 6.54 Å². The zero-order valence-electron chi connectivity index (χ0n) is 11.3. The first kappa shape index (κ1) is 12.5. The van der Waals surface area contributed by atoms with Crippen LogP contribution in [0.15, 0.2) is 42.7 Å². The van der Waals surface area contributed by atoms with Gasteiger partial charge in [-0.25, -0.2) is 0 Å². The molecule has 102 valence electrons. The molecule has 0 atom stereocenters. The average Bonchev–Trinajstić information content (AvgIpc) is 3.07. The number of rotatable bonds is 4. The molecule has 0 spiro atoms. The molecule has 0 fully saturated rings. The van der Waals surface area contributed by atoms with Crippen LogP contribution >= 0.6 is 0 Å². The second-order valence-electron chi connectivity index (χ2n) is 4.70. The Morgan fingerprint density at radius 3 is 3.05 bits per heavy atom. The minimum absolute atomic E-state index is 0.0441. The third-order valence-electron chi connectivity index (χ3n) is 3.43. The third-order valence-corrected chi connectivity index (χ3v) is 3.43. The maximum atomic E-state index is 12.2. The molecule has 0 aliphatic carbocycles. The molecule has 1 aromatic carbocycles. The van der Waals surface area contributed by atoms with E-state index >= 15 is 0 Å². The lowest BCUT2D eigenvalue weighted by Gasteiger charge is -2.06. The summed E-state index contributed by atoms with van der Waals surface area (Å²) in [5.41, 5.74) is 2.78. The van der Waals surface area contributed by atoms with Crippen LogP contribution in [0.4, 0.5) is 0 Å². The van der Waals surface area contributed by atoms with Crippen molar-refractivity contribution < 1.29 is 4.79 Å². The van der Waals surface area contributed by atoms with Gasteiger partial charge >= 0.3 is 0 Å². The number of amides is 1. The summed E-state index contributed by atoms with van der Waals surface area (Å²) in [6.07, 6.45) is 4.38. The number of aromatic nitrogens is 3. The SMILES string of the molecule is Cn1nccc1CCNC(=O)c1cccc2[nH]ccc12. The smallest absolute Gasteiger partial charge is 0.251 e. The van der Waals surface area contributed by atoms with Crippen LogP contribution in [0, 0.1) is 0 Å². The zero-order valence-corrected chi connectivity index (χ0v) is 11.3. The Bertz CT molecular complexity index is 741. The molecule has 3 rings (SSSR count). The fraction of sp³-hybridized carbons (Fsp3) is 0.200. The van der Waals surface area contributed by atoms with Gasteiger partial charge in [0, 0.05) is 54.6 Å². The fourth-order valence-corrected chi connectivity index (χ4v) is 2.33. The second-order valence-corrected chi connectivity index (χ2v) is 4.70. The molecule has 0 aliphatic rings. The Labute approximate surface area is 116 Å². The van der Waals surface area contributed by atoms with Gasteiger partial charge in [-0.15, -0.1) is 0 Å². The van der Waals surface area contributed by atoms with Crippen molar-refractivity contribution in [2.45, 2.75) is 6.42 Å². The summed E-state index contributed by atoms with van der Waals surface area (Å²) in [7, 11) is 1.90. The van der Waals surface area contributed by atoms with Crippen molar-refractivity contribution in [3.05, 3.63) is 54.0 Å². The monoisotopic (exact) mass is 268 g/mol. The Morgan fingerprint density at radius 1 is 1.35 bits per heavy atom. The number of hydrogen-bond donors (Lipinski definition) is 2. The number of carbonyl (C=O) groups excluding carboxylic acids is 1. The Balaban J connectivity index is 1.68. The molecule has 0 saturated heterocycles. The van der Waals surface area contributed by atoms with Crippen LogP contribution in [0.3, 0.4) is 0 Å². The number of nitrogens with zero attached hydrogens (tertiary/aromatic N) is 2. The molecule has 5 nitrogen and oxygen atoms in total.